The van der Waals surface area contributed by atoms with Gasteiger partial charge in [0.15, 0.2) is 0 Å². The first-order valence-corrected chi connectivity index (χ1v) is 19.1. The van der Waals surface area contributed by atoms with Crippen LogP contribution in [0.15, 0.2) is 51.9 Å². The van der Waals surface area contributed by atoms with Gasteiger partial charge in [0.25, 0.3) is 11.5 Å². The van der Waals surface area contributed by atoms with Crippen LogP contribution in [0.2, 0.25) is 0 Å². The first kappa shape index (κ1) is 36.3. The number of aryl methyl sites for hydroxylation is 2. The minimum absolute atomic E-state index is 0.0735. The fourth-order valence-corrected chi connectivity index (χ4v) is 9.25. The number of aromatic nitrogens is 2. The minimum Gasteiger partial charge on any atom is -0.379 e. The third kappa shape index (κ3) is 7.39. The molecule has 52 heavy (non-hydrogen) atoms. The predicted molar refractivity (Wildman–Crippen MR) is 201 cm³/mol. The van der Waals surface area contributed by atoms with Crippen molar-refractivity contribution in [3.63, 3.8) is 0 Å². The van der Waals surface area contributed by atoms with Crippen molar-refractivity contribution in [2.75, 3.05) is 56.5 Å². The summed E-state index contributed by atoms with van der Waals surface area (Å²) in [5.41, 5.74) is 4.75. The number of hydrogen-bond donors (Lipinski definition) is 2. The Bertz CT molecular complexity index is 1920. The van der Waals surface area contributed by atoms with E-state index in [0.29, 0.717) is 27.7 Å². The molecule has 5 heterocycles. The Hall–Kier alpha value is -4.10. The molecule has 1 spiro atoms. The molecule has 3 aromatic rings. The third-order valence-electron chi connectivity index (χ3n) is 11.9. The van der Waals surface area contributed by atoms with Crippen LogP contribution in [0.4, 0.5) is 15.8 Å². The number of rotatable bonds is 6. The summed E-state index contributed by atoms with van der Waals surface area (Å²) in [6.07, 6.45) is 7.00. The molecule has 3 unspecified atom stereocenters. The lowest BCUT2D eigenvalue weighted by Crippen LogP contribution is -2.48. The van der Waals surface area contributed by atoms with Crippen molar-refractivity contribution in [2.24, 2.45) is 12.5 Å². The smallest absolute Gasteiger partial charge is 0.282 e. The van der Waals surface area contributed by atoms with Crippen LogP contribution in [0.5, 0.6) is 0 Å². The number of halogens is 2. The van der Waals surface area contributed by atoms with Crippen LogP contribution in [-0.4, -0.2) is 89.7 Å². The number of nitrogens with one attached hydrogen (secondary N) is 2. The first-order chi connectivity index (χ1) is 24.9. The lowest BCUT2D eigenvalue weighted by molar-refractivity contribution is -0.134. The van der Waals surface area contributed by atoms with Gasteiger partial charge in [-0.2, -0.15) is 5.10 Å². The Labute approximate surface area is 312 Å². The Morgan fingerprint density at radius 1 is 1.00 bits per heavy atom. The molecular formula is C39H47BrFN7O4. The Balaban J connectivity index is 0.923. The maximum absolute atomic E-state index is 15.4. The van der Waals surface area contributed by atoms with Gasteiger partial charge in [-0.25, -0.2) is 9.07 Å². The van der Waals surface area contributed by atoms with Gasteiger partial charge in [0.2, 0.25) is 11.8 Å². The van der Waals surface area contributed by atoms with Crippen LogP contribution in [0, 0.1) is 18.2 Å². The molecule has 13 heteroatoms. The molecule has 7 rings (SSSR count). The topological polar surface area (TPSA) is 120 Å². The van der Waals surface area contributed by atoms with Gasteiger partial charge in [-0.1, -0.05) is 18.2 Å². The van der Waals surface area contributed by atoms with Crippen molar-refractivity contribution in [1.82, 2.24) is 24.9 Å². The molecule has 2 N–H and O–H groups in total. The SMILES string of the molecule is Cc1cc(C2CCC(=O)NC2=O)c(F)cc1N1CCC2(CCN(C(=O)c3ccc(C4CC(Nc5cnn(C)c(=O)c5Br)CN(C)C4)cc3)CC2)CC1. The Morgan fingerprint density at radius 2 is 1.69 bits per heavy atom. The highest BCUT2D eigenvalue weighted by molar-refractivity contribution is 9.10. The molecule has 0 saturated carbocycles. The maximum Gasteiger partial charge on any atom is 0.282 e. The van der Waals surface area contributed by atoms with Crippen molar-refractivity contribution in [3.8, 4) is 0 Å². The molecule has 3 amide bonds. The van der Waals surface area contributed by atoms with Crippen molar-refractivity contribution >= 4 is 45.0 Å². The van der Waals surface area contributed by atoms with Gasteiger partial charge in [-0.15, -0.1) is 0 Å². The zero-order chi connectivity index (χ0) is 36.7. The van der Waals surface area contributed by atoms with E-state index in [-0.39, 0.29) is 41.2 Å². The van der Waals surface area contributed by atoms with Crippen molar-refractivity contribution in [3.05, 3.63) is 85.5 Å². The number of piperidine rings is 4. The van der Waals surface area contributed by atoms with Gasteiger partial charge in [0.1, 0.15) is 10.3 Å². The summed E-state index contributed by atoms with van der Waals surface area (Å²) < 4.78 is 17.1. The fourth-order valence-electron chi connectivity index (χ4n) is 8.77. The monoisotopic (exact) mass is 775 g/mol. The summed E-state index contributed by atoms with van der Waals surface area (Å²) in [7, 11) is 3.73. The number of anilines is 2. The van der Waals surface area contributed by atoms with Crippen LogP contribution in [0.1, 0.15) is 83.8 Å². The van der Waals surface area contributed by atoms with Crippen LogP contribution in [-0.2, 0) is 16.6 Å². The van der Waals surface area contributed by atoms with Gasteiger partial charge >= 0.3 is 0 Å². The van der Waals surface area contributed by atoms with Gasteiger partial charge in [0.05, 0.1) is 17.8 Å². The average Bonchev–Trinajstić information content (AvgIpc) is 3.13. The molecule has 0 aliphatic carbocycles. The zero-order valence-corrected chi connectivity index (χ0v) is 31.7. The number of carbonyl (C=O) groups excluding carboxylic acids is 3. The highest BCUT2D eigenvalue weighted by Gasteiger charge is 2.39. The molecule has 4 fully saturated rings. The third-order valence-corrected chi connectivity index (χ3v) is 12.7. The normalized spacial score (nSPS) is 23.8. The highest BCUT2D eigenvalue weighted by Crippen LogP contribution is 2.43. The van der Waals surface area contributed by atoms with Gasteiger partial charge in [0, 0.05) is 75.6 Å². The molecule has 4 aliphatic rings. The van der Waals surface area contributed by atoms with E-state index in [1.54, 1.807) is 25.4 Å². The van der Waals surface area contributed by atoms with Crippen LogP contribution in [0.25, 0.3) is 0 Å². The predicted octanol–water partition coefficient (Wildman–Crippen LogP) is 4.93. The molecule has 11 nitrogen and oxygen atoms in total. The summed E-state index contributed by atoms with van der Waals surface area (Å²) in [4.78, 5) is 56.5. The second-order valence-corrected chi connectivity index (χ2v) is 16.2. The van der Waals surface area contributed by atoms with Crippen LogP contribution in [0.3, 0.4) is 0 Å². The largest absolute Gasteiger partial charge is 0.379 e. The number of amides is 3. The van der Waals surface area contributed by atoms with Crippen molar-refractivity contribution < 1.29 is 18.8 Å². The molecule has 4 saturated heterocycles. The van der Waals surface area contributed by atoms with E-state index in [9.17, 15) is 19.2 Å². The van der Waals surface area contributed by atoms with E-state index in [2.05, 4.69) is 60.6 Å². The number of benzene rings is 2. The average molecular weight is 777 g/mol. The standard InChI is InChI=1S/C39H47BrFN7O4/c1-24-18-30(29-8-9-34(49)44-36(29)50)31(41)20-33(24)47-14-10-39(11-15-47)12-16-48(17-13-39)37(51)26-6-4-25(5-7-26)27-19-28(23-45(2)22-27)43-32-21-42-46(3)38(52)35(32)40/h4-7,18,20-21,27-29,43H,8-17,19,22-23H2,1-3H3,(H,44,49,50). The van der Waals surface area contributed by atoms with Gasteiger partial charge < -0.3 is 20.0 Å². The molecule has 0 bridgehead atoms. The molecule has 2 aromatic carbocycles. The van der Waals surface area contributed by atoms with Crippen molar-refractivity contribution in [2.45, 2.75) is 69.7 Å². The number of likely N-dealkylation sites (N-methyl/N-ethyl adjacent to an activating group) is 1. The molecule has 4 aliphatic heterocycles. The summed E-state index contributed by atoms with van der Waals surface area (Å²) in [5, 5.41) is 10.0. The van der Waals surface area contributed by atoms with Crippen LogP contribution >= 0.6 is 15.9 Å². The fraction of sp³-hybridized carbons (Fsp3) is 0.513. The lowest BCUT2D eigenvalue weighted by Gasteiger charge is -2.47. The van der Waals surface area contributed by atoms with E-state index in [4.69, 9.17) is 0 Å². The summed E-state index contributed by atoms with van der Waals surface area (Å²) in [6.45, 7) is 6.80. The van der Waals surface area contributed by atoms with Crippen molar-refractivity contribution in [1.29, 1.82) is 0 Å². The molecule has 1 aromatic heterocycles. The summed E-state index contributed by atoms with van der Waals surface area (Å²) in [5.74, 6) is -1.42. The minimum atomic E-state index is -0.642. The Kier molecular flexibility index (Phi) is 10.3. The number of nitrogens with zero attached hydrogens (tertiary/aromatic N) is 5. The van der Waals surface area contributed by atoms with E-state index < -0.39 is 17.6 Å². The summed E-state index contributed by atoms with van der Waals surface area (Å²) >= 11 is 3.42. The van der Waals surface area contributed by atoms with E-state index in [1.165, 1.54) is 10.2 Å². The van der Waals surface area contributed by atoms with E-state index >= 15 is 4.39 Å². The Morgan fingerprint density at radius 3 is 2.38 bits per heavy atom. The number of likely N-dealkylation sites (tertiary alicyclic amines) is 2. The zero-order valence-electron chi connectivity index (χ0n) is 30.1. The summed E-state index contributed by atoms with van der Waals surface area (Å²) in [6, 6.07) is 11.6. The highest BCUT2D eigenvalue weighted by atomic mass is 79.9. The quantitative estimate of drug-likeness (QED) is 0.339. The first-order valence-electron chi connectivity index (χ1n) is 18.3. The molecular weight excluding hydrogens is 729 g/mol. The molecule has 3 atom stereocenters. The van der Waals surface area contributed by atoms with Gasteiger partial charge in [-0.05, 0) is 109 Å². The van der Waals surface area contributed by atoms with Crippen LogP contribution < -0.4 is 21.1 Å². The second-order valence-electron chi connectivity index (χ2n) is 15.4. The number of imide groups is 1. The second kappa shape index (κ2) is 14.7. The van der Waals surface area contributed by atoms with E-state index in [1.807, 2.05) is 24.0 Å². The lowest BCUT2D eigenvalue weighted by atomic mass is 9.71. The number of carbonyl (C=O) groups is 3. The number of hydrogen-bond acceptors (Lipinski definition) is 8. The van der Waals surface area contributed by atoms with E-state index in [0.717, 1.165) is 82.6 Å². The molecule has 276 valence electrons. The molecule has 0 radical (unpaired) electrons. The van der Waals surface area contributed by atoms with Gasteiger partial charge in [-0.3, -0.25) is 24.5 Å². The maximum atomic E-state index is 15.4.